The second kappa shape index (κ2) is 5.39. The maximum atomic E-state index is 9.08. The Morgan fingerprint density at radius 2 is 1.88 bits per heavy atom. The summed E-state index contributed by atoms with van der Waals surface area (Å²) in [5, 5.41) is 9.08. The lowest BCUT2D eigenvalue weighted by atomic mass is 10.2. The maximum absolute atomic E-state index is 9.08. The zero-order chi connectivity index (χ0) is 12.3. The Morgan fingerprint density at radius 1 is 1.12 bits per heavy atom. The Balaban J connectivity index is 2.40. The van der Waals surface area contributed by atoms with Gasteiger partial charge in [-0.3, -0.25) is 0 Å². The molecule has 0 fully saturated rings. The van der Waals surface area contributed by atoms with Crippen LogP contribution in [0.2, 0.25) is 0 Å². The molecule has 2 aromatic rings. The van der Waals surface area contributed by atoms with Gasteiger partial charge in [-0.15, -0.1) is 0 Å². The fourth-order valence-corrected chi connectivity index (χ4v) is 3.00. The van der Waals surface area contributed by atoms with Gasteiger partial charge < -0.3 is 0 Å². The Kier molecular flexibility index (Phi) is 3.88. The van der Waals surface area contributed by atoms with E-state index in [9.17, 15) is 0 Å². The van der Waals surface area contributed by atoms with Crippen LogP contribution >= 0.6 is 27.7 Å². The third-order valence-electron chi connectivity index (χ3n) is 2.38. The first-order valence-corrected chi connectivity index (χ1v) is 6.75. The zero-order valence-corrected chi connectivity index (χ0v) is 11.7. The molecule has 17 heavy (non-hydrogen) atoms. The summed E-state index contributed by atoms with van der Waals surface area (Å²) in [7, 11) is 0. The molecule has 0 atom stereocenters. The molecule has 0 spiro atoms. The summed E-state index contributed by atoms with van der Waals surface area (Å²) in [6.07, 6.45) is 0. The van der Waals surface area contributed by atoms with Crippen LogP contribution in [0.1, 0.15) is 11.1 Å². The SMILES string of the molecule is Cc1ccccc1Sc1cc(Br)ccc1C#N. The Morgan fingerprint density at radius 3 is 2.59 bits per heavy atom. The van der Waals surface area contributed by atoms with Crippen LogP contribution in [-0.2, 0) is 0 Å². The number of hydrogen-bond donors (Lipinski definition) is 0. The summed E-state index contributed by atoms with van der Waals surface area (Å²) in [6.45, 7) is 2.08. The minimum absolute atomic E-state index is 0.710. The van der Waals surface area contributed by atoms with Gasteiger partial charge >= 0.3 is 0 Å². The van der Waals surface area contributed by atoms with Crippen molar-refractivity contribution in [2.24, 2.45) is 0 Å². The van der Waals surface area contributed by atoms with Gasteiger partial charge in [-0.1, -0.05) is 45.9 Å². The number of hydrogen-bond acceptors (Lipinski definition) is 2. The number of halogens is 1. The predicted octanol–water partition coefficient (Wildman–Crippen LogP) is 4.78. The molecule has 0 aliphatic heterocycles. The van der Waals surface area contributed by atoms with Crippen LogP contribution in [0.5, 0.6) is 0 Å². The highest BCUT2D eigenvalue weighted by molar-refractivity contribution is 9.10. The van der Waals surface area contributed by atoms with Crippen molar-refractivity contribution >= 4 is 27.7 Å². The molecule has 0 heterocycles. The summed E-state index contributed by atoms with van der Waals surface area (Å²) < 4.78 is 0.993. The summed E-state index contributed by atoms with van der Waals surface area (Å²) >= 11 is 5.06. The molecule has 0 saturated carbocycles. The molecule has 1 nitrogen and oxygen atoms in total. The van der Waals surface area contributed by atoms with Gasteiger partial charge in [0.25, 0.3) is 0 Å². The summed E-state index contributed by atoms with van der Waals surface area (Å²) in [5.74, 6) is 0. The van der Waals surface area contributed by atoms with Crippen molar-refractivity contribution < 1.29 is 0 Å². The fraction of sp³-hybridized carbons (Fsp3) is 0.0714. The smallest absolute Gasteiger partial charge is 0.100 e. The van der Waals surface area contributed by atoms with Crippen molar-refractivity contribution in [3.63, 3.8) is 0 Å². The Hall–Kier alpha value is -1.24. The van der Waals surface area contributed by atoms with E-state index >= 15 is 0 Å². The van der Waals surface area contributed by atoms with Crippen LogP contribution in [0.25, 0.3) is 0 Å². The topological polar surface area (TPSA) is 23.8 Å². The lowest BCUT2D eigenvalue weighted by Crippen LogP contribution is -1.83. The molecule has 0 amide bonds. The van der Waals surface area contributed by atoms with Crippen molar-refractivity contribution in [1.29, 1.82) is 5.26 Å². The largest absolute Gasteiger partial charge is 0.192 e. The molecule has 3 heteroatoms. The van der Waals surface area contributed by atoms with Gasteiger partial charge in [0.05, 0.1) is 5.56 Å². The van der Waals surface area contributed by atoms with Crippen LogP contribution in [0, 0.1) is 18.3 Å². The average Bonchev–Trinajstić information content (AvgIpc) is 2.32. The van der Waals surface area contributed by atoms with Crippen LogP contribution in [-0.4, -0.2) is 0 Å². The van der Waals surface area contributed by atoms with Crippen molar-refractivity contribution in [2.45, 2.75) is 16.7 Å². The summed E-state index contributed by atoms with van der Waals surface area (Å²) in [6, 6.07) is 16.1. The zero-order valence-electron chi connectivity index (χ0n) is 9.27. The van der Waals surface area contributed by atoms with Crippen LogP contribution < -0.4 is 0 Å². The van der Waals surface area contributed by atoms with Crippen LogP contribution in [0.15, 0.2) is 56.7 Å². The Bertz CT molecular complexity index is 587. The first kappa shape index (κ1) is 12.2. The normalized spacial score (nSPS) is 9.94. The average molecular weight is 304 g/mol. The maximum Gasteiger partial charge on any atom is 0.100 e. The lowest BCUT2D eigenvalue weighted by Gasteiger charge is -2.07. The number of rotatable bonds is 2. The van der Waals surface area contributed by atoms with Crippen molar-refractivity contribution in [3.05, 3.63) is 58.1 Å². The predicted molar refractivity (Wildman–Crippen MR) is 74.2 cm³/mol. The van der Waals surface area contributed by atoms with Crippen molar-refractivity contribution in [1.82, 2.24) is 0 Å². The highest BCUT2D eigenvalue weighted by Gasteiger charge is 2.06. The third-order valence-corrected chi connectivity index (χ3v) is 4.11. The molecule has 84 valence electrons. The van der Waals surface area contributed by atoms with Crippen LogP contribution in [0.4, 0.5) is 0 Å². The molecule has 0 radical (unpaired) electrons. The molecule has 0 saturated heterocycles. The molecule has 2 aromatic carbocycles. The van der Waals surface area contributed by atoms with E-state index in [0.717, 1.165) is 9.37 Å². The van der Waals surface area contributed by atoms with Crippen molar-refractivity contribution in [2.75, 3.05) is 0 Å². The van der Waals surface area contributed by atoms with Gasteiger partial charge in [-0.25, -0.2) is 0 Å². The van der Waals surface area contributed by atoms with Crippen molar-refractivity contribution in [3.8, 4) is 6.07 Å². The van der Waals surface area contributed by atoms with Gasteiger partial charge in [-0.05, 0) is 36.8 Å². The quantitative estimate of drug-likeness (QED) is 0.797. The number of nitriles is 1. The van der Waals surface area contributed by atoms with Gasteiger partial charge in [0, 0.05) is 14.3 Å². The van der Waals surface area contributed by atoms with Gasteiger partial charge in [0.1, 0.15) is 6.07 Å². The first-order valence-electron chi connectivity index (χ1n) is 5.14. The molecule has 0 unspecified atom stereocenters. The summed E-state index contributed by atoms with van der Waals surface area (Å²) in [4.78, 5) is 2.17. The number of nitrogens with zero attached hydrogens (tertiary/aromatic N) is 1. The van der Waals surface area contributed by atoms with E-state index in [1.165, 1.54) is 10.5 Å². The van der Waals surface area contributed by atoms with E-state index in [0.29, 0.717) is 5.56 Å². The van der Waals surface area contributed by atoms with Gasteiger partial charge in [-0.2, -0.15) is 5.26 Å². The molecule has 0 bridgehead atoms. The van der Waals surface area contributed by atoms with E-state index in [1.807, 2.05) is 30.3 Å². The monoisotopic (exact) mass is 303 g/mol. The van der Waals surface area contributed by atoms with E-state index in [4.69, 9.17) is 5.26 Å². The highest BCUT2D eigenvalue weighted by atomic mass is 79.9. The second-order valence-electron chi connectivity index (χ2n) is 3.62. The van der Waals surface area contributed by atoms with Crippen LogP contribution in [0.3, 0.4) is 0 Å². The molecule has 0 aromatic heterocycles. The minimum atomic E-state index is 0.710. The van der Waals surface area contributed by atoms with Gasteiger partial charge in [0.15, 0.2) is 0 Å². The number of aryl methyl sites for hydroxylation is 1. The van der Waals surface area contributed by atoms with E-state index < -0.39 is 0 Å². The molecule has 0 N–H and O–H groups in total. The second-order valence-corrected chi connectivity index (χ2v) is 5.62. The third kappa shape index (κ3) is 2.91. The minimum Gasteiger partial charge on any atom is -0.192 e. The molecular formula is C14H10BrNS. The molecule has 2 rings (SSSR count). The van der Waals surface area contributed by atoms with Gasteiger partial charge in [0.2, 0.25) is 0 Å². The highest BCUT2D eigenvalue weighted by Crippen LogP contribution is 2.33. The molecule has 0 aliphatic rings. The number of benzene rings is 2. The van der Waals surface area contributed by atoms with E-state index in [-0.39, 0.29) is 0 Å². The first-order chi connectivity index (χ1) is 8.20. The van der Waals surface area contributed by atoms with E-state index in [2.05, 4.69) is 41.1 Å². The fourth-order valence-electron chi connectivity index (χ4n) is 1.46. The lowest BCUT2D eigenvalue weighted by molar-refractivity contribution is 1.28. The summed E-state index contributed by atoms with van der Waals surface area (Å²) in [5.41, 5.74) is 1.93. The van der Waals surface area contributed by atoms with E-state index in [1.54, 1.807) is 11.8 Å². The molecular weight excluding hydrogens is 294 g/mol. The standard InChI is InChI=1S/C14H10BrNS/c1-10-4-2-3-5-13(10)17-14-8-12(15)7-6-11(14)9-16/h2-8H,1H3. The molecule has 0 aliphatic carbocycles. The Labute approximate surface area is 114 Å².